The molecule has 3 saturated carbocycles. The normalized spacial score (nSPS) is 32.0. The maximum atomic E-state index is 15.0. The van der Waals surface area contributed by atoms with Crippen LogP contribution in [0.4, 0.5) is 4.39 Å². The van der Waals surface area contributed by atoms with Crippen molar-refractivity contribution >= 4 is 17.8 Å². The van der Waals surface area contributed by atoms with Crippen molar-refractivity contribution < 1.29 is 33.4 Å². The van der Waals surface area contributed by atoms with E-state index in [4.69, 9.17) is 9.47 Å². The molecule has 3 N–H and O–H groups in total. The number of hydrogen-bond donors (Lipinski definition) is 3. The Kier molecular flexibility index (Phi) is 7.86. The van der Waals surface area contributed by atoms with Gasteiger partial charge >= 0.3 is 5.97 Å². The van der Waals surface area contributed by atoms with E-state index >= 15 is 0 Å². The summed E-state index contributed by atoms with van der Waals surface area (Å²) in [6, 6.07) is 2.12. The summed E-state index contributed by atoms with van der Waals surface area (Å²) in [5.41, 5.74) is -0.521. The first kappa shape index (κ1) is 28.4. The molecule has 2 bridgehead atoms. The number of allylic oxidation sites excluding steroid dienone is 1. The van der Waals surface area contributed by atoms with Gasteiger partial charge in [0.05, 0.1) is 30.1 Å². The number of methoxy groups -OCH3 is 1. The van der Waals surface area contributed by atoms with E-state index in [2.05, 4.69) is 29.7 Å². The molecular weight excluding hydrogens is 515 g/mol. The van der Waals surface area contributed by atoms with Gasteiger partial charge in [0.15, 0.2) is 11.6 Å². The van der Waals surface area contributed by atoms with Crippen LogP contribution in [-0.2, 0) is 9.59 Å². The largest absolute Gasteiger partial charge is 0.496 e. The van der Waals surface area contributed by atoms with Gasteiger partial charge in [-0.15, -0.1) is 0 Å². The Morgan fingerprint density at radius 3 is 2.25 bits per heavy atom. The van der Waals surface area contributed by atoms with Crippen molar-refractivity contribution in [1.82, 2.24) is 10.6 Å². The third kappa shape index (κ3) is 5.56. The third-order valence-corrected chi connectivity index (χ3v) is 9.94. The summed E-state index contributed by atoms with van der Waals surface area (Å²) in [7, 11) is 1.38. The zero-order valence-corrected chi connectivity index (χ0v) is 23.6. The van der Waals surface area contributed by atoms with Gasteiger partial charge in [0.2, 0.25) is 5.91 Å². The molecule has 2 amide bonds. The van der Waals surface area contributed by atoms with Crippen LogP contribution in [-0.4, -0.2) is 48.7 Å². The molecule has 0 aromatic heterocycles. The third-order valence-electron chi connectivity index (χ3n) is 9.94. The average Bonchev–Trinajstić information content (AvgIpc) is 2.93. The molecule has 218 valence electrons. The number of ether oxygens (including phenoxy) is 2. The van der Waals surface area contributed by atoms with E-state index in [1.807, 2.05) is 0 Å². The van der Waals surface area contributed by atoms with E-state index in [9.17, 15) is 23.9 Å². The number of halogens is 1. The number of carboxylic acids is 1. The standard InChI is InChI=1S/C31H41FN2O6/c1-30(11-4-12-30)17-33-28(36)25-18-5-7-19(8-6-18)26(25)34-27(35)21-15-24(22(32)16-23(21)39-3)40-20-9-13-31(2,14-10-20)29(37)38/h5,7,15-16,18-20,25-26H,4,6,8-14,17H2,1-3H3,(H,33,36)(H,34,35)(H,37,38)/t18-,19+,20-,25-,26+,31+/m0/s1. The van der Waals surface area contributed by atoms with Crippen molar-refractivity contribution in [2.45, 2.75) is 83.8 Å². The monoisotopic (exact) mass is 556 g/mol. The van der Waals surface area contributed by atoms with E-state index in [-0.39, 0.29) is 58.3 Å². The first-order chi connectivity index (χ1) is 19.0. The zero-order chi connectivity index (χ0) is 28.7. The van der Waals surface area contributed by atoms with Gasteiger partial charge in [0, 0.05) is 18.7 Å². The second kappa shape index (κ2) is 11.1. The lowest BCUT2D eigenvalue weighted by Crippen LogP contribution is -2.57. The minimum Gasteiger partial charge on any atom is -0.496 e. The van der Waals surface area contributed by atoms with Crippen molar-refractivity contribution in [3.8, 4) is 11.5 Å². The quantitative estimate of drug-likeness (QED) is 0.374. The minimum absolute atomic E-state index is 0.0294. The van der Waals surface area contributed by atoms with E-state index in [0.29, 0.717) is 32.2 Å². The SMILES string of the molecule is COc1cc(F)c(O[C@H]2CC[C@@](C)(C(=O)O)CC2)cc1C(=O)N[C@H]1[C@@H](C(=O)NCC2(C)CCC2)[C@H]2C=C[C@@H]1CC2. The van der Waals surface area contributed by atoms with Gasteiger partial charge in [-0.3, -0.25) is 14.4 Å². The summed E-state index contributed by atoms with van der Waals surface area (Å²) in [5, 5.41) is 15.8. The maximum Gasteiger partial charge on any atom is 0.309 e. The molecule has 9 heteroatoms. The molecule has 0 heterocycles. The first-order valence-electron chi connectivity index (χ1n) is 14.6. The molecule has 4 atom stereocenters. The number of hydrogen-bond acceptors (Lipinski definition) is 5. The smallest absolute Gasteiger partial charge is 0.309 e. The first-order valence-corrected chi connectivity index (χ1v) is 14.6. The van der Waals surface area contributed by atoms with Crippen molar-refractivity contribution in [3.05, 3.63) is 35.7 Å². The number of carbonyl (C=O) groups is 3. The molecule has 0 radical (unpaired) electrons. The Labute approximate surface area is 235 Å². The Morgan fingerprint density at radius 1 is 1.00 bits per heavy atom. The highest BCUT2D eigenvalue weighted by Crippen LogP contribution is 2.43. The van der Waals surface area contributed by atoms with E-state index in [0.717, 1.165) is 31.7 Å². The Balaban J connectivity index is 1.31. The molecule has 1 aromatic rings. The van der Waals surface area contributed by atoms with Gasteiger partial charge < -0.3 is 25.2 Å². The molecule has 0 unspecified atom stereocenters. The predicted octanol–water partition coefficient (Wildman–Crippen LogP) is 4.86. The van der Waals surface area contributed by atoms with Gasteiger partial charge in [-0.2, -0.15) is 0 Å². The summed E-state index contributed by atoms with van der Waals surface area (Å²) < 4.78 is 26.3. The zero-order valence-electron chi connectivity index (χ0n) is 23.6. The molecule has 6 rings (SSSR count). The van der Waals surface area contributed by atoms with Crippen molar-refractivity contribution in [1.29, 1.82) is 0 Å². The van der Waals surface area contributed by atoms with E-state index in [1.54, 1.807) is 6.92 Å². The van der Waals surface area contributed by atoms with Crippen LogP contribution in [0.2, 0.25) is 0 Å². The van der Waals surface area contributed by atoms with Crippen molar-refractivity contribution in [3.63, 3.8) is 0 Å². The molecule has 40 heavy (non-hydrogen) atoms. The topological polar surface area (TPSA) is 114 Å². The highest BCUT2D eigenvalue weighted by molar-refractivity contribution is 5.98. The van der Waals surface area contributed by atoms with Crippen LogP contribution in [0.1, 0.15) is 82.0 Å². The summed E-state index contributed by atoms with van der Waals surface area (Å²) in [5.74, 6) is -2.22. The fraction of sp³-hybridized carbons (Fsp3) is 0.645. The Hall–Kier alpha value is -3.10. The van der Waals surface area contributed by atoms with Crippen LogP contribution in [0.15, 0.2) is 24.3 Å². The number of amides is 2. The van der Waals surface area contributed by atoms with Gasteiger partial charge in [-0.05, 0) is 81.6 Å². The van der Waals surface area contributed by atoms with Crippen LogP contribution < -0.4 is 20.1 Å². The number of fused-ring (bicyclic) bond motifs is 2. The molecule has 0 aliphatic heterocycles. The molecule has 5 aliphatic rings. The summed E-state index contributed by atoms with van der Waals surface area (Å²) in [6.45, 7) is 4.56. The van der Waals surface area contributed by atoms with Crippen LogP contribution in [0.25, 0.3) is 0 Å². The van der Waals surface area contributed by atoms with E-state index < -0.39 is 23.1 Å². The van der Waals surface area contributed by atoms with Crippen LogP contribution >= 0.6 is 0 Å². The molecule has 8 nitrogen and oxygen atoms in total. The number of carboxylic acid groups (broad SMARTS) is 1. The Bertz CT molecular complexity index is 1190. The van der Waals surface area contributed by atoms with Crippen molar-refractivity contribution in [2.75, 3.05) is 13.7 Å². The number of carbonyl (C=O) groups excluding carboxylic acids is 2. The number of rotatable bonds is 9. The lowest BCUT2D eigenvalue weighted by molar-refractivity contribution is -0.150. The molecule has 5 aliphatic carbocycles. The minimum atomic E-state index is -0.837. The average molecular weight is 557 g/mol. The summed E-state index contributed by atoms with van der Waals surface area (Å²) in [6.07, 6.45) is 10.9. The molecular formula is C31H41FN2O6. The number of benzene rings is 1. The second-order valence-corrected chi connectivity index (χ2v) is 12.9. The fourth-order valence-corrected chi connectivity index (χ4v) is 6.86. The summed E-state index contributed by atoms with van der Waals surface area (Å²) >= 11 is 0. The molecule has 1 aromatic carbocycles. The van der Waals surface area contributed by atoms with Crippen molar-refractivity contribution in [2.24, 2.45) is 28.6 Å². The maximum absolute atomic E-state index is 15.0. The lowest BCUT2D eigenvalue weighted by Gasteiger charge is -2.45. The Morgan fingerprint density at radius 2 is 1.68 bits per heavy atom. The van der Waals surface area contributed by atoms with Gasteiger partial charge in [0.1, 0.15) is 5.75 Å². The lowest BCUT2D eigenvalue weighted by atomic mass is 9.65. The molecule has 0 spiro atoms. The second-order valence-electron chi connectivity index (χ2n) is 12.9. The summed E-state index contributed by atoms with van der Waals surface area (Å²) in [4.78, 5) is 38.6. The molecule has 0 saturated heterocycles. The molecule has 3 fully saturated rings. The number of aliphatic carboxylic acids is 1. The van der Waals surface area contributed by atoms with Gasteiger partial charge in [-0.25, -0.2) is 4.39 Å². The number of nitrogens with one attached hydrogen (secondary N) is 2. The highest BCUT2D eigenvalue weighted by Gasteiger charge is 2.46. The van der Waals surface area contributed by atoms with Crippen LogP contribution in [0, 0.1) is 34.4 Å². The fourth-order valence-electron chi connectivity index (χ4n) is 6.86. The van der Waals surface area contributed by atoms with Gasteiger partial charge in [-0.1, -0.05) is 25.5 Å². The van der Waals surface area contributed by atoms with Crippen LogP contribution in [0.3, 0.4) is 0 Å². The van der Waals surface area contributed by atoms with E-state index in [1.165, 1.54) is 19.6 Å². The highest BCUT2D eigenvalue weighted by atomic mass is 19.1. The van der Waals surface area contributed by atoms with Crippen LogP contribution in [0.5, 0.6) is 11.5 Å². The predicted molar refractivity (Wildman–Crippen MR) is 147 cm³/mol. The van der Waals surface area contributed by atoms with Gasteiger partial charge in [0.25, 0.3) is 5.91 Å².